The first-order valence-electron chi connectivity index (χ1n) is 8.52. The maximum absolute atomic E-state index is 12.0. The fraction of sp³-hybridized carbons (Fsp3) is 0.200. The van der Waals surface area contributed by atoms with Gasteiger partial charge in [-0.05, 0) is 35.4 Å². The van der Waals surface area contributed by atoms with Gasteiger partial charge < -0.3 is 14.8 Å². The van der Waals surface area contributed by atoms with Gasteiger partial charge in [0.2, 0.25) is 5.91 Å². The summed E-state index contributed by atoms with van der Waals surface area (Å²) >= 11 is 6.04. The van der Waals surface area contributed by atoms with E-state index in [1.54, 1.807) is 13.3 Å². The number of hydrogen-bond acceptors (Lipinski definition) is 4. The Morgan fingerprint density at radius 1 is 1.22 bits per heavy atom. The molecular formula is C20H18ClN3O3. The number of nitrogens with zero attached hydrogens (tertiary/aromatic N) is 1. The lowest BCUT2D eigenvalue weighted by molar-refractivity contribution is -0.116. The molecule has 1 aliphatic heterocycles. The van der Waals surface area contributed by atoms with Crippen LogP contribution in [0.1, 0.15) is 29.0 Å². The molecule has 0 unspecified atom stereocenters. The van der Waals surface area contributed by atoms with E-state index in [4.69, 9.17) is 21.1 Å². The van der Waals surface area contributed by atoms with Gasteiger partial charge in [0.15, 0.2) is 11.5 Å². The Kier molecular flexibility index (Phi) is 4.73. The summed E-state index contributed by atoms with van der Waals surface area (Å²) in [5, 5.41) is 10.3. The molecule has 2 aromatic carbocycles. The SMILES string of the molecule is COc1ccc([C@H]2CC(=O)Nc3[nH]ncc32)cc1OCc1cccc(Cl)c1. The summed E-state index contributed by atoms with van der Waals surface area (Å²) in [7, 11) is 1.60. The molecule has 2 heterocycles. The summed E-state index contributed by atoms with van der Waals surface area (Å²) in [6.45, 7) is 0.364. The first-order valence-corrected chi connectivity index (χ1v) is 8.90. The zero-order chi connectivity index (χ0) is 18.8. The molecule has 3 aromatic rings. The highest BCUT2D eigenvalue weighted by Gasteiger charge is 2.28. The molecule has 0 aliphatic carbocycles. The van der Waals surface area contributed by atoms with Crippen LogP contribution in [0.3, 0.4) is 0 Å². The Morgan fingerprint density at radius 3 is 2.93 bits per heavy atom. The molecule has 0 saturated heterocycles. The molecule has 2 N–H and O–H groups in total. The number of amides is 1. The summed E-state index contributed by atoms with van der Waals surface area (Å²) in [5.74, 6) is 1.76. The second kappa shape index (κ2) is 7.32. The summed E-state index contributed by atoms with van der Waals surface area (Å²) in [6, 6.07) is 13.2. The molecule has 1 amide bonds. The smallest absolute Gasteiger partial charge is 0.226 e. The zero-order valence-electron chi connectivity index (χ0n) is 14.7. The van der Waals surface area contributed by atoms with Gasteiger partial charge in [0.1, 0.15) is 12.4 Å². The van der Waals surface area contributed by atoms with E-state index in [1.807, 2.05) is 42.5 Å². The summed E-state index contributed by atoms with van der Waals surface area (Å²) in [6.07, 6.45) is 2.10. The van der Waals surface area contributed by atoms with Gasteiger partial charge in [0.25, 0.3) is 0 Å². The minimum Gasteiger partial charge on any atom is -0.493 e. The van der Waals surface area contributed by atoms with Crippen molar-refractivity contribution in [1.29, 1.82) is 0 Å². The molecule has 0 fully saturated rings. The van der Waals surface area contributed by atoms with Gasteiger partial charge in [-0.1, -0.05) is 29.8 Å². The summed E-state index contributed by atoms with van der Waals surface area (Å²) in [4.78, 5) is 12.0. The predicted octanol–water partition coefficient (Wildman–Crippen LogP) is 4.12. The third-order valence-corrected chi connectivity index (χ3v) is 4.81. The Labute approximate surface area is 161 Å². The van der Waals surface area contributed by atoms with E-state index in [0.717, 1.165) is 16.7 Å². The largest absolute Gasteiger partial charge is 0.493 e. The van der Waals surface area contributed by atoms with Crippen molar-refractivity contribution in [1.82, 2.24) is 10.2 Å². The molecule has 4 rings (SSSR count). The number of halogens is 1. The normalized spacial score (nSPS) is 15.8. The van der Waals surface area contributed by atoms with E-state index in [0.29, 0.717) is 35.4 Å². The third-order valence-electron chi connectivity index (χ3n) is 4.57. The molecule has 6 nitrogen and oxygen atoms in total. The Balaban J connectivity index is 1.62. The van der Waals surface area contributed by atoms with Crippen LogP contribution in [-0.4, -0.2) is 23.2 Å². The average Bonchev–Trinajstić information content (AvgIpc) is 3.14. The van der Waals surface area contributed by atoms with Gasteiger partial charge >= 0.3 is 0 Å². The molecule has 0 saturated carbocycles. The lowest BCUT2D eigenvalue weighted by atomic mass is 9.87. The summed E-state index contributed by atoms with van der Waals surface area (Å²) in [5.41, 5.74) is 2.89. The molecule has 1 aromatic heterocycles. The molecule has 27 heavy (non-hydrogen) atoms. The van der Waals surface area contributed by atoms with E-state index in [1.165, 1.54) is 0 Å². The number of carbonyl (C=O) groups is 1. The van der Waals surface area contributed by atoms with Gasteiger partial charge in [-0.3, -0.25) is 9.89 Å². The molecule has 0 radical (unpaired) electrons. The second-order valence-electron chi connectivity index (χ2n) is 6.33. The van der Waals surface area contributed by atoms with E-state index < -0.39 is 0 Å². The number of H-pyrrole nitrogens is 1. The monoisotopic (exact) mass is 383 g/mol. The summed E-state index contributed by atoms with van der Waals surface area (Å²) < 4.78 is 11.4. The minimum atomic E-state index is -0.0908. The number of benzene rings is 2. The van der Waals surface area contributed by atoms with Gasteiger partial charge in [-0.25, -0.2) is 0 Å². The van der Waals surface area contributed by atoms with Crippen LogP contribution in [0.4, 0.5) is 5.82 Å². The highest BCUT2D eigenvalue weighted by molar-refractivity contribution is 6.30. The van der Waals surface area contributed by atoms with Crippen LogP contribution in [0.25, 0.3) is 0 Å². The number of rotatable bonds is 5. The van der Waals surface area contributed by atoms with Crippen molar-refractivity contribution in [3.8, 4) is 11.5 Å². The quantitative estimate of drug-likeness (QED) is 0.694. The maximum Gasteiger partial charge on any atom is 0.226 e. The topological polar surface area (TPSA) is 76.2 Å². The third kappa shape index (κ3) is 3.61. The highest BCUT2D eigenvalue weighted by Crippen LogP contribution is 2.39. The van der Waals surface area contributed by atoms with E-state index in [9.17, 15) is 4.79 Å². The van der Waals surface area contributed by atoms with Crippen molar-refractivity contribution in [3.05, 3.63) is 70.4 Å². The van der Waals surface area contributed by atoms with Crippen molar-refractivity contribution in [2.24, 2.45) is 0 Å². The van der Waals surface area contributed by atoms with Crippen LogP contribution in [0, 0.1) is 0 Å². The van der Waals surface area contributed by atoms with Crippen molar-refractivity contribution in [2.45, 2.75) is 18.9 Å². The number of aromatic amines is 1. The van der Waals surface area contributed by atoms with E-state index in [-0.39, 0.29) is 11.8 Å². The molecule has 0 spiro atoms. The molecule has 1 aliphatic rings. The number of carbonyl (C=O) groups excluding carboxylic acids is 1. The number of hydrogen-bond donors (Lipinski definition) is 2. The van der Waals surface area contributed by atoms with Crippen LogP contribution in [0.2, 0.25) is 5.02 Å². The Hall–Kier alpha value is -2.99. The highest BCUT2D eigenvalue weighted by atomic mass is 35.5. The van der Waals surface area contributed by atoms with Crippen molar-refractivity contribution in [2.75, 3.05) is 12.4 Å². The van der Waals surface area contributed by atoms with E-state index >= 15 is 0 Å². The second-order valence-corrected chi connectivity index (χ2v) is 6.77. The average molecular weight is 384 g/mol. The van der Waals surface area contributed by atoms with Gasteiger partial charge in [0.05, 0.1) is 13.3 Å². The van der Waals surface area contributed by atoms with Crippen LogP contribution >= 0.6 is 11.6 Å². The van der Waals surface area contributed by atoms with Crippen molar-refractivity contribution >= 4 is 23.3 Å². The molecular weight excluding hydrogens is 366 g/mol. The minimum absolute atomic E-state index is 0.0473. The number of aromatic nitrogens is 2. The van der Waals surface area contributed by atoms with E-state index in [2.05, 4.69) is 15.5 Å². The lowest BCUT2D eigenvalue weighted by Gasteiger charge is -2.23. The van der Waals surface area contributed by atoms with Crippen molar-refractivity contribution in [3.63, 3.8) is 0 Å². The predicted molar refractivity (Wildman–Crippen MR) is 102 cm³/mol. The number of anilines is 1. The van der Waals surface area contributed by atoms with Gasteiger partial charge in [-0.15, -0.1) is 0 Å². The fourth-order valence-corrected chi connectivity index (χ4v) is 3.47. The standard InChI is InChI=1S/C20H18ClN3O3/c1-26-17-6-5-13(15-9-19(25)23-20-16(15)10-22-24-20)8-18(17)27-11-12-3-2-4-14(21)7-12/h2-8,10,15H,9,11H2,1H3,(H2,22,23,24,25)/t15-/m1/s1. The number of ether oxygens (including phenoxy) is 2. The van der Waals surface area contributed by atoms with Crippen molar-refractivity contribution < 1.29 is 14.3 Å². The Bertz CT molecular complexity index is 986. The number of nitrogens with one attached hydrogen (secondary N) is 2. The van der Waals surface area contributed by atoms with Crippen LogP contribution < -0.4 is 14.8 Å². The van der Waals surface area contributed by atoms with Gasteiger partial charge in [0, 0.05) is 22.9 Å². The Morgan fingerprint density at radius 2 is 2.11 bits per heavy atom. The van der Waals surface area contributed by atoms with Crippen LogP contribution in [0.5, 0.6) is 11.5 Å². The maximum atomic E-state index is 12.0. The molecule has 138 valence electrons. The van der Waals surface area contributed by atoms with Crippen LogP contribution in [0.15, 0.2) is 48.7 Å². The first-order chi connectivity index (χ1) is 13.1. The number of fused-ring (bicyclic) bond motifs is 1. The first kappa shape index (κ1) is 17.4. The molecule has 1 atom stereocenters. The number of methoxy groups -OCH3 is 1. The molecule has 0 bridgehead atoms. The lowest BCUT2D eigenvalue weighted by Crippen LogP contribution is -2.23. The van der Waals surface area contributed by atoms with Crippen LogP contribution in [-0.2, 0) is 11.4 Å². The fourth-order valence-electron chi connectivity index (χ4n) is 3.25. The van der Waals surface area contributed by atoms with Gasteiger partial charge in [-0.2, -0.15) is 5.10 Å². The molecule has 7 heteroatoms. The zero-order valence-corrected chi connectivity index (χ0v) is 15.4.